The second-order valence-electron chi connectivity index (χ2n) is 37.9. The van der Waals surface area contributed by atoms with E-state index in [1.54, 1.807) is 75.2 Å². The average Bonchev–Trinajstić information content (AvgIpc) is 1.45. The maximum atomic E-state index is 13.8. The number of para-hydroxylation sites is 1. The highest BCUT2D eigenvalue weighted by Gasteiger charge is 2.48. The summed E-state index contributed by atoms with van der Waals surface area (Å²) in [6, 6.07) is 58.7. The molecule has 5 fully saturated rings. The van der Waals surface area contributed by atoms with Gasteiger partial charge in [0, 0.05) is 127 Å². The van der Waals surface area contributed by atoms with Gasteiger partial charge in [0.2, 0.25) is 27.7 Å². The molecule has 11 aromatic rings. The van der Waals surface area contributed by atoms with E-state index in [1.807, 2.05) is 140 Å². The number of aliphatic hydroxyl groups is 3. The molecule has 1 unspecified atom stereocenters. The highest BCUT2D eigenvalue weighted by atomic mass is 35.5. The van der Waals surface area contributed by atoms with Crippen molar-refractivity contribution in [3.63, 3.8) is 0 Å². The van der Waals surface area contributed by atoms with Crippen molar-refractivity contribution in [2.45, 2.75) is 223 Å². The molecule has 4 aromatic heterocycles. The minimum atomic E-state index is -3.77. The van der Waals surface area contributed by atoms with Gasteiger partial charge in [0.05, 0.1) is 107 Å². The number of ether oxygens (including phenoxy) is 3. The molecule has 5 aliphatic heterocycles. The lowest BCUT2D eigenvalue weighted by atomic mass is 9.86. The second-order valence-corrected chi connectivity index (χ2v) is 42.1. The second kappa shape index (κ2) is 52.5. The molecule has 14 atom stereocenters. The van der Waals surface area contributed by atoms with Crippen LogP contribution < -0.4 is 40.9 Å². The van der Waals surface area contributed by atoms with Crippen LogP contribution in [-0.2, 0) is 57.4 Å². The molecule has 32 heteroatoms. The number of hydrogen-bond donors (Lipinski definition) is 10. The molecule has 16 rings (SSSR count). The van der Waals surface area contributed by atoms with Crippen LogP contribution in [0.25, 0.3) is 66.7 Å². The zero-order valence-corrected chi connectivity index (χ0v) is 86.9. The Morgan fingerprint density at radius 3 is 1.99 bits per heavy atom. The van der Waals surface area contributed by atoms with Crippen LogP contribution in [0, 0.1) is 31.6 Å². The lowest BCUT2D eigenvalue weighted by Gasteiger charge is -2.44. The van der Waals surface area contributed by atoms with E-state index in [2.05, 4.69) is 95.4 Å². The van der Waals surface area contributed by atoms with Crippen molar-refractivity contribution >= 4 is 119 Å². The predicted octanol–water partition coefficient (Wildman–Crippen LogP) is 15.2. The van der Waals surface area contributed by atoms with Gasteiger partial charge in [0.1, 0.15) is 34.8 Å². The van der Waals surface area contributed by atoms with E-state index in [0.29, 0.717) is 119 Å². The number of carbonyl (C=O) groups is 7. The first-order valence-corrected chi connectivity index (χ1v) is 54.3. The predicted molar refractivity (Wildman–Crippen MR) is 565 cm³/mol. The van der Waals surface area contributed by atoms with E-state index in [4.69, 9.17) is 45.2 Å². The number of likely N-dealkylation sites (N-methyl/N-ethyl adjacent to an activating group) is 1. The Morgan fingerprint density at radius 2 is 1.34 bits per heavy atom. The van der Waals surface area contributed by atoms with Crippen molar-refractivity contribution < 1.29 is 80.8 Å². The Morgan fingerprint density at radius 1 is 0.678 bits per heavy atom. The van der Waals surface area contributed by atoms with Crippen LogP contribution in [0.3, 0.4) is 0 Å². The number of carbonyl (C=O) groups excluding carboxylic acids is 7. The van der Waals surface area contributed by atoms with Crippen LogP contribution in [0.2, 0.25) is 5.02 Å². The molecular formula is C111H138ClN12O16S3+. The monoisotopic (exact) mass is 2030 g/mol. The number of aromatic nitrogens is 3. The molecule has 0 aliphatic carbocycles. The van der Waals surface area contributed by atoms with Crippen LogP contribution in [0.4, 0.5) is 0 Å². The number of benzene rings is 7. The van der Waals surface area contributed by atoms with Gasteiger partial charge in [-0.15, -0.1) is 11.8 Å². The van der Waals surface area contributed by atoms with Crippen molar-refractivity contribution in [3.05, 3.63) is 244 Å². The fourth-order valence-electron chi connectivity index (χ4n) is 19.0. The maximum Gasteiger partial charge on any atom is 0.278 e. The fraction of sp³-hybridized carbons (Fsp3) is 0.441. The fourth-order valence-corrected chi connectivity index (χ4v) is 22.1. The van der Waals surface area contributed by atoms with E-state index in [1.165, 1.54) is 45.5 Å². The molecule has 5 aliphatic rings. The smallest absolute Gasteiger partial charge is 0.278 e. The lowest BCUT2D eigenvalue weighted by Crippen LogP contribution is -3.12. The number of fused-ring (bicyclic) bond motifs is 3. The Hall–Kier alpha value is -11.2. The summed E-state index contributed by atoms with van der Waals surface area (Å²) < 4.78 is 50.6. The molecule has 0 bridgehead atoms. The average molecular weight is 2030 g/mol. The first-order valence-electron chi connectivity index (χ1n) is 50.0. The SMILES string of the molecule is CCCCc1ccc2nc(-c3ccc(OC)cc3)cc(C(=O)NC[C@@H](C)C(=O)N3CCC[C@@H]3CC)c2c1.CCC[C@H]1C[C@H](C(=O)N[C@@H]([C@@H]2O[C@H](SC)[C@@H](O)[C@@H](C)[C@@H]2O)[C@@H](C)O)[NH+](C)C1.Cc1ccc(-c2cc(C(=O)NC[C@@H]3CCCO3)c3cc(CNS(=O)(=O)c4cccc(Cl)c4)ccc3n2)o1.Cc1ccc(CSC[C@@H](NC(=O)c2cc(-c3ccccc3)nc3ccccc23)C(=O)NCCCN2CCCC2=O)cc1. The van der Waals surface area contributed by atoms with Gasteiger partial charge in [-0.1, -0.05) is 156 Å². The van der Waals surface area contributed by atoms with Gasteiger partial charge in [-0.3, -0.25) is 33.6 Å². The molecule has 762 valence electrons. The molecule has 0 radical (unpaired) electrons. The molecule has 28 nitrogen and oxygen atoms in total. The third kappa shape index (κ3) is 29.4. The molecule has 7 amide bonds. The number of pyridine rings is 3. The number of amides is 7. The zero-order chi connectivity index (χ0) is 102. The Balaban J connectivity index is 0.000000162. The number of likely N-dealkylation sites (tertiary alicyclic amines) is 3. The van der Waals surface area contributed by atoms with Crippen LogP contribution >= 0.6 is 35.1 Å². The molecule has 0 saturated carbocycles. The summed E-state index contributed by atoms with van der Waals surface area (Å²) in [5.74, 6) is 2.31. The number of unbranched alkanes of at least 4 members (excludes halogenated alkanes) is 1. The number of aryl methyl sites for hydroxylation is 3. The summed E-state index contributed by atoms with van der Waals surface area (Å²) >= 11 is 8.92. The van der Waals surface area contributed by atoms with Crippen molar-refractivity contribution in [1.29, 1.82) is 0 Å². The molecule has 143 heavy (non-hydrogen) atoms. The van der Waals surface area contributed by atoms with E-state index >= 15 is 0 Å². The minimum Gasteiger partial charge on any atom is -0.497 e. The first kappa shape index (κ1) is 109. The molecular weight excluding hydrogens is 1890 g/mol. The summed E-state index contributed by atoms with van der Waals surface area (Å²) in [4.78, 5) is 111. The summed E-state index contributed by atoms with van der Waals surface area (Å²) in [7, 11) is -0.103. The topological polar surface area (TPSA) is 377 Å². The number of sulfonamides is 1. The van der Waals surface area contributed by atoms with E-state index in [0.717, 1.165) is 153 Å². The number of aliphatic hydroxyl groups excluding tert-OH is 3. The van der Waals surface area contributed by atoms with Crippen molar-refractivity contribution in [3.8, 4) is 39.7 Å². The van der Waals surface area contributed by atoms with Crippen LogP contribution in [0.1, 0.15) is 184 Å². The molecule has 10 N–H and O–H groups in total. The Bertz CT molecular complexity index is 6270. The van der Waals surface area contributed by atoms with Gasteiger partial charge in [-0.25, -0.2) is 28.1 Å². The number of nitrogens with zero attached hydrogens (tertiary/aromatic N) is 5. The van der Waals surface area contributed by atoms with Gasteiger partial charge in [0.15, 0.2) is 11.8 Å². The van der Waals surface area contributed by atoms with E-state index in [-0.39, 0.29) is 70.9 Å². The number of hydrogen-bond acceptors (Lipinski definition) is 21. The van der Waals surface area contributed by atoms with Crippen molar-refractivity contribution in [1.82, 2.24) is 56.1 Å². The van der Waals surface area contributed by atoms with Crippen molar-refractivity contribution in [2.75, 3.05) is 78.6 Å². The molecule has 7 aromatic carbocycles. The van der Waals surface area contributed by atoms with Crippen LogP contribution in [-0.4, -0.2) is 229 Å². The van der Waals surface area contributed by atoms with Crippen LogP contribution in [0.5, 0.6) is 5.75 Å². The first-order chi connectivity index (χ1) is 68.9. The number of rotatable bonds is 37. The summed E-state index contributed by atoms with van der Waals surface area (Å²) in [5.41, 5.74) is 11.1. The van der Waals surface area contributed by atoms with Gasteiger partial charge in [-0.2, -0.15) is 11.8 Å². The number of halogens is 1. The number of furan rings is 1. The van der Waals surface area contributed by atoms with Gasteiger partial charge < -0.3 is 75.2 Å². The lowest BCUT2D eigenvalue weighted by molar-refractivity contribution is -0.884. The summed E-state index contributed by atoms with van der Waals surface area (Å²) in [6.07, 6.45) is 11.8. The summed E-state index contributed by atoms with van der Waals surface area (Å²) in [5, 5.41) is 48.7. The third-order valence-corrected chi connectivity index (χ3v) is 30.8. The molecule has 0 spiro atoms. The quantitative estimate of drug-likeness (QED) is 0.0162. The largest absolute Gasteiger partial charge is 0.497 e. The van der Waals surface area contributed by atoms with Gasteiger partial charge in [-0.05, 0) is 211 Å². The standard InChI is InChI=1S/C34H36N4O3S.C31H39N3O3.C27H26ClN3O5S.C19H36N2O5S/c1-24-14-16-25(17-15-24)22-42-23-31(34(41)35-18-8-20-38-19-7-13-32(38)39)37-33(40)28-21-30(26-9-3-2-4-10-26)36-29-12-6-5-11-27(28)29;1-5-7-9-22-11-16-28-26(18-22)27(19-29(33-28)23-12-14-25(37-4)15-13-23)30(35)32-20-21(3)31(36)34-17-8-10-24(34)6-2;1-17-7-10-26(36-17)25-14-23(27(32)29-16-20-5-3-11-35-20)22-12-18(8-9-24(22)31-25)15-30-37(33,34)21-6-2-4-19(28)13-21;1-6-7-12-8-13(21(4)9-12)18(25)20-14(11(3)22)17-15(23)10(2)16(24)19(26-17)27-5/h2-6,9-12,14-17,21,31H,7-8,13,18-20,22-23H2,1H3,(H,35,41)(H,37,40);11-16,18-19,21,24H,5-10,17,20H2,1-4H3,(H,32,35);2,4,6-10,12-14,20,30H,3,5,11,15-16H2,1H3,(H,29,32);10-17,19,22-24H,6-9H2,1-5H3,(H,20,25)/p+1/t31-;21-,24+;20-;10-,11+,12-,13+,14+,15-,16-,17-,19+/m1100/s1. The highest BCUT2D eigenvalue weighted by molar-refractivity contribution is 7.99. The number of nitrogens with one attached hydrogen (secondary N) is 7. The van der Waals surface area contributed by atoms with Crippen LogP contribution in [0.15, 0.2) is 203 Å². The minimum absolute atomic E-state index is 0.000651. The molecule has 5 saturated heterocycles. The Labute approximate surface area is 852 Å². The van der Waals surface area contributed by atoms with Gasteiger partial charge in [0.25, 0.3) is 23.6 Å². The summed E-state index contributed by atoms with van der Waals surface area (Å²) in [6.45, 7) is 20.7. The van der Waals surface area contributed by atoms with Gasteiger partial charge >= 0.3 is 0 Å². The van der Waals surface area contributed by atoms with E-state index < -0.39 is 57.9 Å². The Kier molecular flexibility index (Phi) is 40.1. The normalized spacial score (nSPS) is 20.2. The number of thioether (sulfide) groups is 2. The highest BCUT2D eigenvalue weighted by Crippen LogP contribution is 2.36. The number of methoxy groups -OCH3 is 1. The van der Waals surface area contributed by atoms with Crippen molar-refractivity contribution in [2.24, 2.45) is 17.8 Å². The molecule has 9 heterocycles. The maximum absolute atomic E-state index is 13.8. The third-order valence-electron chi connectivity index (χ3n) is 27.2. The zero-order valence-electron chi connectivity index (χ0n) is 83.6. The van der Waals surface area contributed by atoms with E-state index in [9.17, 15) is 57.3 Å². The number of quaternary nitrogens is 1.